The Bertz CT molecular complexity index is 567. The Hall–Kier alpha value is -2.13. The van der Waals surface area contributed by atoms with Gasteiger partial charge in [0.05, 0.1) is 4.92 Å². The summed E-state index contributed by atoms with van der Waals surface area (Å²) in [7, 11) is 0. The summed E-state index contributed by atoms with van der Waals surface area (Å²) in [5, 5.41) is 23.4. The fraction of sp³-hybridized carbons (Fsp3) is 0.500. The van der Waals surface area contributed by atoms with Crippen molar-refractivity contribution in [1.82, 2.24) is 5.32 Å². The minimum Gasteiger partial charge on any atom is -0.370 e. The summed E-state index contributed by atoms with van der Waals surface area (Å²) in [6.45, 7) is 2.94. The zero-order chi connectivity index (χ0) is 14.1. The summed E-state index contributed by atoms with van der Waals surface area (Å²) >= 11 is 0. The molecule has 2 aliphatic rings. The molecule has 104 valence electrons. The molecule has 0 spiro atoms. The molecule has 2 unspecified atom stereocenters. The minimum absolute atomic E-state index is 0.119. The molecule has 2 fully saturated rings. The van der Waals surface area contributed by atoms with Gasteiger partial charge in [0.15, 0.2) is 0 Å². The van der Waals surface area contributed by atoms with Crippen molar-refractivity contribution in [3.05, 3.63) is 33.9 Å². The number of fused-ring (bicyclic) bond motifs is 1. The molecular weight excluding hydrogens is 256 g/mol. The summed E-state index contributed by atoms with van der Waals surface area (Å²) in [5.74, 6) is 0.643. The summed E-state index contributed by atoms with van der Waals surface area (Å²) < 4.78 is 0. The maximum Gasteiger partial charge on any atom is 0.287 e. The van der Waals surface area contributed by atoms with E-state index < -0.39 is 4.92 Å². The highest BCUT2D eigenvalue weighted by atomic mass is 16.6. The van der Waals surface area contributed by atoms with E-state index in [0.717, 1.165) is 25.3 Å². The van der Waals surface area contributed by atoms with Crippen molar-refractivity contribution in [1.29, 1.82) is 5.26 Å². The van der Waals surface area contributed by atoms with E-state index in [2.05, 4.69) is 10.2 Å². The Labute approximate surface area is 117 Å². The molecule has 1 aromatic carbocycles. The van der Waals surface area contributed by atoms with Crippen LogP contribution in [0.1, 0.15) is 18.4 Å². The third-order valence-electron chi connectivity index (χ3n) is 4.26. The molecule has 2 atom stereocenters. The molecule has 0 amide bonds. The molecule has 3 rings (SSSR count). The quantitative estimate of drug-likeness (QED) is 0.654. The van der Waals surface area contributed by atoms with Crippen LogP contribution in [-0.2, 0) is 0 Å². The van der Waals surface area contributed by atoms with E-state index in [9.17, 15) is 10.1 Å². The number of nitrogens with zero attached hydrogens (tertiary/aromatic N) is 3. The molecule has 0 aromatic heterocycles. The van der Waals surface area contributed by atoms with Gasteiger partial charge in [-0.2, -0.15) is 5.26 Å². The van der Waals surface area contributed by atoms with Crippen LogP contribution in [0.25, 0.3) is 0 Å². The van der Waals surface area contributed by atoms with Crippen LogP contribution in [0.2, 0.25) is 0 Å². The lowest BCUT2D eigenvalue weighted by atomic mass is 9.94. The molecule has 6 heteroatoms. The van der Waals surface area contributed by atoms with Gasteiger partial charge in [0.1, 0.15) is 11.6 Å². The molecule has 0 saturated carbocycles. The monoisotopic (exact) mass is 272 g/mol. The number of piperidine rings is 1. The van der Waals surface area contributed by atoms with E-state index in [4.69, 9.17) is 5.26 Å². The summed E-state index contributed by atoms with van der Waals surface area (Å²) in [6.07, 6.45) is 2.44. The molecular formula is C14H16N4O2. The van der Waals surface area contributed by atoms with Crippen LogP contribution in [0.15, 0.2) is 18.2 Å². The second-order valence-electron chi connectivity index (χ2n) is 5.44. The van der Waals surface area contributed by atoms with Crippen LogP contribution in [0.5, 0.6) is 0 Å². The van der Waals surface area contributed by atoms with Crippen LogP contribution in [0, 0.1) is 27.4 Å². The first-order chi connectivity index (χ1) is 9.69. The highest BCUT2D eigenvalue weighted by molar-refractivity contribution is 5.60. The first-order valence-electron chi connectivity index (χ1n) is 6.86. The van der Waals surface area contributed by atoms with Crippen molar-refractivity contribution < 1.29 is 4.92 Å². The Balaban J connectivity index is 1.85. The van der Waals surface area contributed by atoms with E-state index in [1.54, 1.807) is 12.1 Å². The zero-order valence-corrected chi connectivity index (χ0v) is 11.1. The molecule has 6 nitrogen and oxygen atoms in total. The van der Waals surface area contributed by atoms with Gasteiger partial charge in [0.25, 0.3) is 5.69 Å². The molecule has 2 saturated heterocycles. The smallest absolute Gasteiger partial charge is 0.287 e. The molecule has 20 heavy (non-hydrogen) atoms. The second kappa shape index (κ2) is 5.10. The number of nitriles is 1. The Morgan fingerprint density at radius 3 is 3.00 bits per heavy atom. The van der Waals surface area contributed by atoms with Crippen molar-refractivity contribution in [2.45, 2.75) is 18.9 Å². The fourth-order valence-corrected chi connectivity index (χ4v) is 3.23. The lowest BCUT2D eigenvalue weighted by Gasteiger charge is -2.24. The van der Waals surface area contributed by atoms with Crippen molar-refractivity contribution in [3.63, 3.8) is 0 Å². The normalized spacial score (nSPS) is 25.1. The number of hydrogen-bond acceptors (Lipinski definition) is 5. The maximum absolute atomic E-state index is 10.8. The number of benzene rings is 1. The predicted molar refractivity (Wildman–Crippen MR) is 74.5 cm³/mol. The SMILES string of the molecule is N#Cc1cc(N2CC3CCCNC3C2)ccc1[N+](=O)[O-]. The van der Waals surface area contributed by atoms with Crippen LogP contribution < -0.4 is 10.2 Å². The lowest BCUT2D eigenvalue weighted by Crippen LogP contribution is -2.40. The largest absolute Gasteiger partial charge is 0.370 e. The molecule has 0 radical (unpaired) electrons. The first kappa shape index (κ1) is 12.9. The summed E-state index contributed by atoms with van der Waals surface area (Å²) in [5.41, 5.74) is 0.921. The molecule has 2 heterocycles. The predicted octanol–water partition coefficient (Wildman–Crippen LogP) is 1.65. The number of nitro benzene ring substituents is 1. The van der Waals surface area contributed by atoms with E-state index in [0.29, 0.717) is 12.0 Å². The minimum atomic E-state index is -0.506. The average molecular weight is 272 g/mol. The van der Waals surface area contributed by atoms with E-state index in [-0.39, 0.29) is 11.3 Å². The van der Waals surface area contributed by atoms with Crippen LogP contribution in [0.3, 0.4) is 0 Å². The van der Waals surface area contributed by atoms with E-state index >= 15 is 0 Å². The summed E-state index contributed by atoms with van der Waals surface area (Å²) in [4.78, 5) is 12.6. The van der Waals surface area contributed by atoms with Gasteiger partial charge in [-0.1, -0.05) is 0 Å². The van der Waals surface area contributed by atoms with Gasteiger partial charge in [-0.3, -0.25) is 10.1 Å². The topological polar surface area (TPSA) is 82.2 Å². The zero-order valence-electron chi connectivity index (χ0n) is 11.1. The number of rotatable bonds is 2. The highest BCUT2D eigenvalue weighted by Gasteiger charge is 2.34. The third kappa shape index (κ3) is 2.21. The molecule has 2 aliphatic heterocycles. The van der Waals surface area contributed by atoms with Crippen LogP contribution >= 0.6 is 0 Å². The van der Waals surface area contributed by atoms with Crippen molar-refractivity contribution in [2.75, 3.05) is 24.5 Å². The lowest BCUT2D eigenvalue weighted by molar-refractivity contribution is -0.385. The van der Waals surface area contributed by atoms with Gasteiger partial charge in [0, 0.05) is 30.9 Å². The highest BCUT2D eigenvalue weighted by Crippen LogP contribution is 2.31. The van der Waals surface area contributed by atoms with Crippen molar-refractivity contribution in [3.8, 4) is 6.07 Å². The molecule has 1 aromatic rings. The average Bonchev–Trinajstić information content (AvgIpc) is 2.90. The maximum atomic E-state index is 10.8. The van der Waals surface area contributed by atoms with Crippen molar-refractivity contribution in [2.24, 2.45) is 5.92 Å². The first-order valence-corrected chi connectivity index (χ1v) is 6.86. The Morgan fingerprint density at radius 1 is 1.45 bits per heavy atom. The van der Waals surface area contributed by atoms with Crippen LogP contribution in [-0.4, -0.2) is 30.6 Å². The fourth-order valence-electron chi connectivity index (χ4n) is 3.23. The van der Waals surface area contributed by atoms with Gasteiger partial charge in [-0.15, -0.1) is 0 Å². The standard InChI is InChI=1S/C14H16N4O2/c15-7-11-6-12(3-4-14(11)18(19)20)17-8-10-2-1-5-16-13(10)9-17/h3-4,6,10,13,16H,1-2,5,8-9H2. The number of hydrogen-bond donors (Lipinski definition) is 1. The van der Waals surface area contributed by atoms with Gasteiger partial charge in [0.2, 0.25) is 0 Å². The Kier molecular flexibility index (Phi) is 3.28. The van der Waals surface area contributed by atoms with Gasteiger partial charge < -0.3 is 10.2 Å². The number of nitrogens with one attached hydrogen (secondary N) is 1. The number of nitro groups is 1. The van der Waals surface area contributed by atoms with Gasteiger partial charge >= 0.3 is 0 Å². The second-order valence-corrected chi connectivity index (χ2v) is 5.44. The van der Waals surface area contributed by atoms with E-state index in [1.807, 2.05) is 6.07 Å². The third-order valence-corrected chi connectivity index (χ3v) is 4.26. The van der Waals surface area contributed by atoms with E-state index in [1.165, 1.54) is 18.9 Å². The van der Waals surface area contributed by atoms with Crippen LogP contribution in [0.4, 0.5) is 11.4 Å². The molecule has 1 N–H and O–H groups in total. The van der Waals surface area contributed by atoms with Crippen molar-refractivity contribution >= 4 is 11.4 Å². The number of anilines is 1. The molecule has 0 aliphatic carbocycles. The van der Waals surface area contributed by atoms with Gasteiger partial charge in [-0.05, 0) is 37.4 Å². The Morgan fingerprint density at radius 2 is 2.30 bits per heavy atom. The molecule has 0 bridgehead atoms. The van der Waals surface area contributed by atoms with Gasteiger partial charge in [-0.25, -0.2) is 0 Å². The summed E-state index contributed by atoms with van der Waals surface area (Å²) in [6, 6.07) is 7.24.